The zero-order chi connectivity index (χ0) is 17.8. The van der Waals surface area contributed by atoms with Crippen LogP contribution in [-0.4, -0.2) is 55.1 Å². The number of pyridine rings is 1. The summed E-state index contributed by atoms with van der Waals surface area (Å²) in [6, 6.07) is 12.2. The lowest BCUT2D eigenvalue weighted by atomic mass is 10.1. The van der Waals surface area contributed by atoms with Crippen molar-refractivity contribution in [2.45, 2.75) is 19.3 Å². The fraction of sp³-hybridized carbons (Fsp3) is 0.429. The number of anilines is 2. The molecule has 0 aliphatic carbocycles. The van der Waals surface area contributed by atoms with Crippen molar-refractivity contribution in [2.24, 2.45) is 0 Å². The van der Waals surface area contributed by atoms with Gasteiger partial charge in [-0.25, -0.2) is 0 Å². The van der Waals surface area contributed by atoms with Crippen molar-refractivity contribution in [2.75, 3.05) is 49.1 Å². The van der Waals surface area contributed by atoms with Gasteiger partial charge in [0.2, 0.25) is 0 Å². The summed E-state index contributed by atoms with van der Waals surface area (Å²) in [6.45, 7) is 5.46. The van der Waals surface area contributed by atoms with E-state index < -0.39 is 0 Å². The highest BCUT2D eigenvalue weighted by Crippen LogP contribution is 2.21. The van der Waals surface area contributed by atoms with Gasteiger partial charge in [-0.15, -0.1) is 0 Å². The van der Waals surface area contributed by atoms with Crippen molar-refractivity contribution in [3.8, 4) is 0 Å². The number of carbonyl (C=O) groups excluding carboxylic acids is 1. The zero-order valence-corrected chi connectivity index (χ0v) is 15.2. The van der Waals surface area contributed by atoms with Crippen LogP contribution in [0.3, 0.4) is 0 Å². The maximum absolute atomic E-state index is 12.8. The van der Waals surface area contributed by atoms with Gasteiger partial charge in [-0.3, -0.25) is 9.78 Å². The minimum atomic E-state index is 0.140. The topological polar surface area (TPSA) is 39.7 Å². The maximum atomic E-state index is 12.8. The standard InChI is InChI=1S/C21H26N4O/c26-21(18-6-8-19(9-7-18)23-11-2-1-3-12-23)25-15-13-24(14-16-25)20-5-4-10-22-17-20/h4-10,17H,1-3,11-16H2. The summed E-state index contributed by atoms with van der Waals surface area (Å²) in [5.41, 5.74) is 3.16. The highest BCUT2D eigenvalue weighted by atomic mass is 16.2. The molecule has 2 aliphatic heterocycles. The van der Waals surface area contributed by atoms with E-state index in [1.807, 2.05) is 29.3 Å². The van der Waals surface area contributed by atoms with Crippen molar-refractivity contribution in [1.82, 2.24) is 9.88 Å². The van der Waals surface area contributed by atoms with Crippen molar-refractivity contribution in [1.29, 1.82) is 0 Å². The molecule has 1 aromatic heterocycles. The van der Waals surface area contributed by atoms with Crippen LogP contribution in [0.5, 0.6) is 0 Å². The van der Waals surface area contributed by atoms with Gasteiger partial charge in [-0.05, 0) is 55.7 Å². The van der Waals surface area contributed by atoms with Gasteiger partial charge >= 0.3 is 0 Å². The van der Waals surface area contributed by atoms with E-state index in [4.69, 9.17) is 0 Å². The molecule has 26 heavy (non-hydrogen) atoms. The summed E-state index contributed by atoms with van der Waals surface area (Å²) in [5, 5.41) is 0. The Morgan fingerprint density at radius 2 is 1.46 bits per heavy atom. The van der Waals surface area contributed by atoms with Crippen molar-refractivity contribution in [3.05, 3.63) is 54.4 Å². The van der Waals surface area contributed by atoms with E-state index in [0.29, 0.717) is 0 Å². The minimum Gasteiger partial charge on any atom is -0.372 e. The molecule has 4 rings (SSSR count). The smallest absolute Gasteiger partial charge is 0.253 e. The number of hydrogen-bond donors (Lipinski definition) is 0. The van der Waals surface area contributed by atoms with Crippen LogP contribution in [-0.2, 0) is 0 Å². The van der Waals surface area contributed by atoms with Gasteiger partial charge in [0, 0.05) is 56.7 Å². The molecule has 5 heteroatoms. The lowest BCUT2D eigenvalue weighted by molar-refractivity contribution is 0.0747. The molecular formula is C21H26N4O. The molecule has 0 spiro atoms. The largest absolute Gasteiger partial charge is 0.372 e. The number of benzene rings is 1. The Balaban J connectivity index is 1.36. The molecule has 0 atom stereocenters. The van der Waals surface area contributed by atoms with Crippen LogP contribution < -0.4 is 9.80 Å². The second-order valence-corrected chi connectivity index (χ2v) is 7.09. The van der Waals surface area contributed by atoms with Gasteiger partial charge in [-0.1, -0.05) is 0 Å². The lowest BCUT2D eigenvalue weighted by Gasteiger charge is -2.36. The predicted octanol–water partition coefficient (Wildman–Crippen LogP) is 3.03. The third kappa shape index (κ3) is 3.66. The zero-order valence-electron chi connectivity index (χ0n) is 15.2. The van der Waals surface area contributed by atoms with Crippen molar-refractivity contribution < 1.29 is 4.79 Å². The Bertz CT molecular complexity index is 717. The van der Waals surface area contributed by atoms with Crippen molar-refractivity contribution in [3.63, 3.8) is 0 Å². The quantitative estimate of drug-likeness (QED) is 0.853. The third-order valence-electron chi connectivity index (χ3n) is 5.41. The monoisotopic (exact) mass is 350 g/mol. The number of rotatable bonds is 3. The van der Waals surface area contributed by atoms with Crippen LogP contribution in [0.25, 0.3) is 0 Å². The Labute approximate surface area is 155 Å². The lowest BCUT2D eigenvalue weighted by Crippen LogP contribution is -2.48. The highest BCUT2D eigenvalue weighted by Gasteiger charge is 2.22. The normalized spacial score (nSPS) is 18.1. The number of aromatic nitrogens is 1. The molecule has 0 unspecified atom stereocenters. The third-order valence-corrected chi connectivity index (χ3v) is 5.41. The van der Waals surface area contributed by atoms with E-state index in [1.54, 1.807) is 6.20 Å². The van der Waals surface area contributed by atoms with E-state index >= 15 is 0 Å². The predicted molar refractivity (Wildman–Crippen MR) is 105 cm³/mol. The molecule has 0 bridgehead atoms. The van der Waals surface area contributed by atoms with Gasteiger partial charge in [0.1, 0.15) is 0 Å². The molecule has 3 heterocycles. The molecule has 2 aliphatic rings. The van der Waals surface area contributed by atoms with Gasteiger partial charge in [0.25, 0.3) is 5.91 Å². The molecular weight excluding hydrogens is 324 g/mol. The Hall–Kier alpha value is -2.56. The Morgan fingerprint density at radius 3 is 2.12 bits per heavy atom. The molecule has 136 valence electrons. The summed E-state index contributed by atoms with van der Waals surface area (Å²) in [4.78, 5) is 23.7. The highest BCUT2D eigenvalue weighted by molar-refractivity contribution is 5.94. The van der Waals surface area contributed by atoms with Crippen molar-refractivity contribution >= 4 is 17.3 Å². The summed E-state index contributed by atoms with van der Waals surface area (Å²) >= 11 is 0. The van der Waals surface area contributed by atoms with Crippen LogP contribution in [0.4, 0.5) is 11.4 Å². The summed E-state index contributed by atoms with van der Waals surface area (Å²) in [6.07, 6.45) is 7.54. The fourth-order valence-electron chi connectivity index (χ4n) is 3.86. The molecule has 5 nitrogen and oxygen atoms in total. The van der Waals surface area contributed by atoms with E-state index in [-0.39, 0.29) is 5.91 Å². The van der Waals surface area contributed by atoms with Gasteiger partial charge < -0.3 is 14.7 Å². The van der Waals surface area contributed by atoms with E-state index in [1.165, 1.54) is 24.9 Å². The maximum Gasteiger partial charge on any atom is 0.253 e. The SMILES string of the molecule is O=C(c1ccc(N2CCCCC2)cc1)N1CCN(c2cccnc2)CC1. The van der Waals surface area contributed by atoms with Crippen LogP contribution in [0.1, 0.15) is 29.6 Å². The molecule has 1 aromatic carbocycles. The first kappa shape index (κ1) is 16.9. The first-order chi connectivity index (χ1) is 12.8. The summed E-state index contributed by atoms with van der Waals surface area (Å²) in [7, 11) is 0. The van der Waals surface area contributed by atoms with Gasteiger partial charge in [0.15, 0.2) is 0 Å². The van der Waals surface area contributed by atoms with Crippen LogP contribution >= 0.6 is 0 Å². The van der Waals surface area contributed by atoms with Gasteiger partial charge in [0.05, 0.1) is 11.9 Å². The number of amides is 1. The summed E-state index contributed by atoms with van der Waals surface area (Å²) in [5.74, 6) is 0.140. The minimum absolute atomic E-state index is 0.140. The Morgan fingerprint density at radius 1 is 0.769 bits per heavy atom. The number of carbonyl (C=O) groups is 1. The van der Waals surface area contributed by atoms with Crippen LogP contribution in [0.15, 0.2) is 48.8 Å². The number of piperazine rings is 1. The molecule has 2 fully saturated rings. The van der Waals surface area contributed by atoms with Crippen LogP contribution in [0, 0.1) is 0 Å². The molecule has 2 aromatic rings. The number of hydrogen-bond acceptors (Lipinski definition) is 4. The molecule has 0 saturated carbocycles. The summed E-state index contributed by atoms with van der Waals surface area (Å²) < 4.78 is 0. The Kier molecular flexibility index (Phi) is 5.04. The first-order valence-corrected chi connectivity index (χ1v) is 9.60. The van der Waals surface area contributed by atoms with Gasteiger partial charge in [-0.2, -0.15) is 0 Å². The second kappa shape index (κ2) is 7.77. The first-order valence-electron chi connectivity index (χ1n) is 9.60. The van der Waals surface area contributed by atoms with E-state index in [9.17, 15) is 4.79 Å². The van der Waals surface area contributed by atoms with Crippen LogP contribution in [0.2, 0.25) is 0 Å². The van der Waals surface area contributed by atoms with E-state index in [0.717, 1.165) is 50.5 Å². The number of piperidine rings is 1. The fourth-order valence-corrected chi connectivity index (χ4v) is 3.86. The second-order valence-electron chi connectivity index (χ2n) is 7.09. The average molecular weight is 350 g/mol. The molecule has 0 N–H and O–H groups in total. The van der Waals surface area contributed by atoms with E-state index in [2.05, 4.69) is 33.0 Å². The average Bonchev–Trinajstić information content (AvgIpc) is 2.75. The molecule has 1 amide bonds. The number of nitrogens with zero attached hydrogens (tertiary/aromatic N) is 4. The molecule has 2 saturated heterocycles. The molecule has 0 radical (unpaired) electrons.